The van der Waals surface area contributed by atoms with Gasteiger partial charge in [0.25, 0.3) is 0 Å². The molecule has 0 spiro atoms. The van der Waals surface area contributed by atoms with E-state index in [2.05, 4.69) is 29.0 Å². The van der Waals surface area contributed by atoms with Gasteiger partial charge in [0.15, 0.2) is 6.61 Å². The van der Waals surface area contributed by atoms with Gasteiger partial charge in [-0.05, 0) is 55.4 Å². The van der Waals surface area contributed by atoms with Crippen molar-refractivity contribution in [2.45, 2.75) is 91.0 Å². The second-order valence-corrected chi connectivity index (χ2v) is 10.4. The summed E-state index contributed by atoms with van der Waals surface area (Å²) in [4.78, 5) is 47.0. The minimum Gasteiger partial charge on any atom is -0.482 e. The van der Waals surface area contributed by atoms with Crippen LogP contribution in [-0.2, 0) is 36.9 Å². The highest BCUT2D eigenvalue weighted by Crippen LogP contribution is 2.30. The third kappa shape index (κ3) is 9.56. The average Bonchev–Trinajstić information content (AvgIpc) is 3.32. The standard InChI is InChI=1S/C30H45N3O6/c1-4-6-11-22(5-2)20-39-32-28(34)12-9-7-8-10-13-29(35)33-17-16-24-25-18-23(38-21-30(36)37-3)14-15-26(25)31-27(24)19-33/h14-15,18,22,31H,4-13,16-17,19-21H2,1-3H3,(H,32,34). The van der Waals surface area contributed by atoms with Crippen LogP contribution >= 0.6 is 0 Å². The van der Waals surface area contributed by atoms with E-state index in [1.165, 1.54) is 25.5 Å². The van der Waals surface area contributed by atoms with Crippen molar-refractivity contribution in [1.29, 1.82) is 0 Å². The molecular formula is C30H45N3O6. The number of hydroxylamine groups is 1. The van der Waals surface area contributed by atoms with Crippen LogP contribution in [-0.4, -0.2) is 54.5 Å². The SMILES string of the molecule is CCCCC(CC)CONC(=O)CCCCCCC(=O)N1CCc2c([nH]c3ccc(OCC(=O)OC)cc23)C1. The van der Waals surface area contributed by atoms with Crippen LogP contribution in [0.15, 0.2) is 18.2 Å². The van der Waals surface area contributed by atoms with Gasteiger partial charge in [-0.25, -0.2) is 10.3 Å². The lowest BCUT2D eigenvalue weighted by Crippen LogP contribution is -2.35. The molecule has 0 aliphatic carbocycles. The molecule has 1 unspecified atom stereocenters. The summed E-state index contributed by atoms with van der Waals surface area (Å²) in [5, 5.41) is 1.07. The number of esters is 1. The maximum Gasteiger partial charge on any atom is 0.343 e. The Hall–Kier alpha value is -3.07. The van der Waals surface area contributed by atoms with E-state index in [0.717, 1.165) is 61.5 Å². The predicted octanol–water partition coefficient (Wildman–Crippen LogP) is 5.21. The molecular weight excluding hydrogens is 498 g/mol. The van der Waals surface area contributed by atoms with Gasteiger partial charge in [0.2, 0.25) is 11.8 Å². The van der Waals surface area contributed by atoms with Crippen LogP contribution in [0, 0.1) is 5.92 Å². The lowest BCUT2D eigenvalue weighted by Gasteiger charge is -2.27. The molecule has 216 valence electrons. The summed E-state index contributed by atoms with van der Waals surface area (Å²) in [6.07, 6.45) is 9.77. The highest BCUT2D eigenvalue weighted by atomic mass is 16.7. The van der Waals surface area contributed by atoms with E-state index < -0.39 is 5.97 Å². The largest absolute Gasteiger partial charge is 0.482 e. The zero-order valence-electron chi connectivity index (χ0n) is 23.8. The van der Waals surface area contributed by atoms with Crippen LogP contribution in [0.2, 0.25) is 0 Å². The number of nitrogens with zero attached hydrogens (tertiary/aromatic N) is 1. The molecule has 39 heavy (non-hydrogen) atoms. The number of benzene rings is 1. The summed E-state index contributed by atoms with van der Waals surface area (Å²) >= 11 is 0. The van der Waals surface area contributed by atoms with Gasteiger partial charge in [-0.2, -0.15) is 0 Å². The third-order valence-corrected chi connectivity index (χ3v) is 7.48. The van der Waals surface area contributed by atoms with E-state index in [0.29, 0.717) is 44.2 Å². The monoisotopic (exact) mass is 543 g/mol. The van der Waals surface area contributed by atoms with E-state index in [1.54, 1.807) is 0 Å². The molecule has 1 atom stereocenters. The van der Waals surface area contributed by atoms with Crippen LogP contribution in [0.25, 0.3) is 10.9 Å². The fraction of sp³-hybridized carbons (Fsp3) is 0.633. The Kier molecular flexibility index (Phi) is 12.6. The maximum absolute atomic E-state index is 12.8. The average molecular weight is 544 g/mol. The number of fused-ring (bicyclic) bond motifs is 3. The predicted molar refractivity (Wildman–Crippen MR) is 150 cm³/mol. The fourth-order valence-electron chi connectivity index (χ4n) is 4.99. The van der Waals surface area contributed by atoms with Crippen molar-refractivity contribution in [3.05, 3.63) is 29.5 Å². The van der Waals surface area contributed by atoms with Gasteiger partial charge in [-0.3, -0.25) is 14.4 Å². The first-order chi connectivity index (χ1) is 18.9. The molecule has 1 aliphatic rings. The topological polar surface area (TPSA) is 110 Å². The van der Waals surface area contributed by atoms with Gasteiger partial charge in [-0.1, -0.05) is 46.0 Å². The zero-order chi connectivity index (χ0) is 28.0. The van der Waals surface area contributed by atoms with Gasteiger partial charge in [0.1, 0.15) is 5.75 Å². The summed E-state index contributed by atoms with van der Waals surface area (Å²) in [7, 11) is 1.33. The Labute approximate surface area is 231 Å². The number of hydrogen-bond acceptors (Lipinski definition) is 6. The number of H-pyrrole nitrogens is 1. The van der Waals surface area contributed by atoms with E-state index in [-0.39, 0.29) is 18.4 Å². The number of carbonyl (C=O) groups is 3. The molecule has 9 nitrogen and oxygen atoms in total. The normalized spacial score (nSPS) is 13.7. The summed E-state index contributed by atoms with van der Waals surface area (Å²) < 4.78 is 10.2. The molecule has 0 fully saturated rings. The van der Waals surface area contributed by atoms with E-state index >= 15 is 0 Å². The van der Waals surface area contributed by atoms with Gasteiger partial charge >= 0.3 is 5.97 Å². The van der Waals surface area contributed by atoms with Gasteiger partial charge in [0, 0.05) is 36.0 Å². The highest BCUT2D eigenvalue weighted by Gasteiger charge is 2.24. The number of rotatable bonds is 17. The Morgan fingerprint density at radius 1 is 1.08 bits per heavy atom. The van der Waals surface area contributed by atoms with Gasteiger partial charge in [-0.15, -0.1) is 0 Å². The van der Waals surface area contributed by atoms with Crippen molar-refractivity contribution < 1.29 is 28.7 Å². The molecule has 0 radical (unpaired) electrons. The van der Waals surface area contributed by atoms with Crippen molar-refractivity contribution >= 4 is 28.7 Å². The minimum absolute atomic E-state index is 0.0685. The van der Waals surface area contributed by atoms with Crippen molar-refractivity contribution in [2.75, 3.05) is 26.9 Å². The van der Waals surface area contributed by atoms with E-state index in [1.807, 2.05) is 23.1 Å². The van der Waals surface area contributed by atoms with Gasteiger partial charge in [0.05, 0.1) is 20.3 Å². The summed E-state index contributed by atoms with van der Waals surface area (Å²) in [6.45, 7) is 6.04. The van der Waals surface area contributed by atoms with Crippen LogP contribution in [0.3, 0.4) is 0 Å². The minimum atomic E-state index is -0.422. The number of hydrogen-bond donors (Lipinski definition) is 2. The van der Waals surface area contributed by atoms with Crippen LogP contribution in [0.5, 0.6) is 5.75 Å². The lowest BCUT2D eigenvalue weighted by atomic mass is 10.0. The molecule has 2 N–H and O–H groups in total. The van der Waals surface area contributed by atoms with Crippen LogP contribution in [0.4, 0.5) is 0 Å². The van der Waals surface area contributed by atoms with Crippen LogP contribution < -0.4 is 10.2 Å². The van der Waals surface area contributed by atoms with Crippen molar-refractivity contribution in [3.63, 3.8) is 0 Å². The number of carbonyl (C=O) groups excluding carboxylic acids is 3. The van der Waals surface area contributed by atoms with Crippen molar-refractivity contribution in [2.24, 2.45) is 5.92 Å². The zero-order valence-corrected chi connectivity index (χ0v) is 23.8. The quantitative estimate of drug-likeness (QED) is 0.161. The lowest BCUT2D eigenvalue weighted by molar-refractivity contribution is -0.143. The van der Waals surface area contributed by atoms with Crippen molar-refractivity contribution in [3.8, 4) is 5.75 Å². The number of aromatic amines is 1. The number of nitrogens with one attached hydrogen (secondary N) is 2. The van der Waals surface area contributed by atoms with E-state index in [9.17, 15) is 14.4 Å². The summed E-state index contributed by atoms with van der Waals surface area (Å²) in [5.74, 6) is 0.791. The number of methoxy groups -OCH3 is 1. The van der Waals surface area contributed by atoms with Gasteiger partial charge < -0.3 is 19.4 Å². The Morgan fingerprint density at radius 3 is 2.62 bits per heavy atom. The second kappa shape index (κ2) is 16.1. The molecule has 0 saturated heterocycles. The Morgan fingerprint density at radius 2 is 1.87 bits per heavy atom. The first-order valence-corrected chi connectivity index (χ1v) is 14.5. The smallest absolute Gasteiger partial charge is 0.343 e. The number of ether oxygens (including phenoxy) is 2. The number of unbranched alkanes of at least 4 members (excludes halogenated alkanes) is 4. The maximum atomic E-state index is 12.8. The second-order valence-electron chi connectivity index (χ2n) is 10.4. The van der Waals surface area contributed by atoms with Crippen molar-refractivity contribution in [1.82, 2.24) is 15.4 Å². The number of aromatic nitrogens is 1. The summed E-state index contributed by atoms with van der Waals surface area (Å²) in [5.41, 5.74) is 5.83. The molecule has 9 heteroatoms. The molecule has 1 aliphatic heterocycles. The molecule has 0 saturated carbocycles. The molecule has 2 heterocycles. The Balaban J connectivity index is 1.32. The fourth-order valence-corrected chi connectivity index (χ4v) is 4.99. The molecule has 2 aromatic rings. The molecule has 0 bridgehead atoms. The number of amides is 2. The molecule has 1 aromatic heterocycles. The molecule has 1 aromatic carbocycles. The molecule has 3 rings (SSSR count). The summed E-state index contributed by atoms with van der Waals surface area (Å²) in [6, 6.07) is 5.70. The van der Waals surface area contributed by atoms with Crippen LogP contribution in [0.1, 0.15) is 89.3 Å². The van der Waals surface area contributed by atoms with E-state index in [4.69, 9.17) is 9.57 Å². The Bertz CT molecular complexity index is 1080. The first-order valence-electron chi connectivity index (χ1n) is 14.5. The third-order valence-electron chi connectivity index (χ3n) is 7.48. The first kappa shape index (κ1) is 30.5. The highest BCUT2D eigenvalue weighted by molar-refractivity contribution is 5.87. The molecule has 2 amide bonds.